The smallest absolute Gasteiger partial charge is 0.363 e. The van der Waals surface area contributed by atoms with Crippen LogP contribution in [-0.2, 0) is 9.53 Å². The Balaban J connectivity index is 2.72. The molecule has 0 N–H and O–H groups in total. The van der Waals surface area contributed by atoms with E-state index in [-0.39, 0.29) is 18.6 Å². The Bertz CT molecular complexity index is 252. The fourth-order valence-corrected chi connectivity index (χ4v) is 1.87. The van der Waals surface area contributed by atoms with Crippen molar-refractivity contribution in [3.05, 3.63) is 0 Å². The molecule has 1 saturated carbocycles. The number of hydrogen-bond acceptors (Lipinski definition) is 2. The van der Waals surface area contributed by atoms with Crippen LogP contribution in [0, 0.1) is 5.92 Å². The van der Waals surface area contributed by atoms with Crippen molar-refractivity contribution in [2.45, 2.75) is 51.5 Å². The lowest BCUT2D eigenvalue weighted by molar-refractivity contribution is -0.322. The minimum absolute atomic E-state index is 0.192. The number of ether oxygens (including phenoxy) is 1. The molecule has 1 fully saturated rings. The second-order valence-corrected chi connectivity index (χ2v) is 4.37. The summed E-state index contributed by atoms with van der Waals surface area (Å²) in [5.41, 5.74) is -2.09. The van der Waals surface area contributed by atoms with Gasteiger partial charge < -0.3 is 4.74 Å². The Morgan fingerprint density at radius 2 is 1.87 bits per heavy atom. The van der Waals surface area contributed by atoms with Gasteiger partial charge in [-0.05, 0) is 33.6 Å². The van der Waals surface area contributed by atoms with Crippen LogP contribution in [0.2, 0.25) is 0 Å². The van der Waals surface area contributed by atoms with E-state index in [1.54, 1.807) is 13.8 Å². The van der Waals surface area contributed by atoms with E-state index in [2.05, 4.69) is 0 Å². The lowest BCUT2D eigenvalue weighted by Gasteiger charge is -2.48. The van der Waals surface area contributed by atoms with Crippen LogP contribution in [0.25, 0.3) is 0 Å². The Morgan fingerprint density at radius 1 is 1.40 bits per heavy atom. The summed E-state index contributed by atoms with van der Waals surface area (Å²) in [6.07, 6.45) is -5.34. The Hall–Kier alpha value is -0.580. The SMILES string of the molecule is CC(=O)C1CC(OC(C)C)(C(F)(F)F)C1. The Labute approximate surface area is 86.8 Å². The number of rotatable bonds is 3. The van der Waals surface area contributed by atoms with Gasteiger partial charge in [-0.3, -0.25) is 4.79 Å². The molecule has 0 saturated heterocycles. The highest BCUT2D eigenvalue weighted by Crippen LogP contribution is 2.52. The van der Waals surface area contributed by atoms with Crippen molar-refractivity contribution in [3.8, 4) is 0 Å². The first-order valence-corrected chi connectivity index (χ1v) is 4.93. The van der Waals surface area contributed by atoms with E-state index in [9.17, 15) is 18.0 Å². The molecule has 0 aromatic heterocycles. The fourth-order valence-electron chi connectivity index (χ4n) is 1.87. The third-order valence-corrected chi connectivity index (χ3v) is 2.71. The van der Waals surface area contributed by atoms with Crippen LogP contribution in [0.1, 0.15) is 33.6 Å². The largest absolute Gasteiger partial charge is 0.417 e. The van der Waals surface area contributed by atoms with Crippen LogP contribution < -0.4 is 0 Å². The molecule has 0 aliphatic heterocycles. The summed E-state index contributed by atoms with van der Waals surface area (Å²) in [6.45, 7) is 4.45. The van der Waals surface area contributed by atoms with Crippen LogP contribution in [0.15, 0.2) is 0 Å². The highest BCUT2D eigenvalue weighted by molar-refractivity contribution is 5.79. The van der Waals surface area contributed by atoms with Gasteiger partial charge >= 0.3 is 6.18 Å². The van der Waals surface area contributed by atoms with E-state index in [0.29, 0.717) is 0 Å². The number of halogens is 3. The average molecular weight is 224 g/mol. The molecule has 1 aliphatic carbocycles. The van der Waals surface area contributed by atoms with Gasteiger partial charge in [0.1, 0.15) is 5.78 Å². The molecule has 15 heavy (non-hydrogen) atoms. The zero-order valence-electron chi connectivity index (χ0n) is 9.02. The zero-order valence-corrected chi connectivity index (χ0v) is 9.02. The molecule has 0 bridgehead atoms. The van der Waals surface area contributed by atoms with Gasteiger partial charge in [0, 0.05) is 5.92 Å². The van der Waals surface area contributed by atoms with Gasteiger partial charge in [0.2, 0.25) is 0 Å². The number of alkyl halides is 3. The average Bonchev–Trinajstić information content (AvgIpc) is 1.91. The first-order valence-electron chi connectivity index (χ1n) is 4.93. The third kappa shape index (κ3) is 2.33. The van der Waals surface area contributed by atoms with Crippen molar-refractivity contribution < 1.29 is 22.7 Å². The molecule has 88 valence electrons. The molecule has 2 nitrogen and oxygen atoms in total. The van der Waals surface area contributed by atoms with Crippen molar-refractivity contribution in [1.29, 1.82) is 0 Å². The van der Waals surface area contributed by atoms with E-state index >= 15 is 0 Å². The van der Waals surface area contributed by atoms with E-state index in [1.165, 1.54) is 6.92 Å². The second-order valence-electron chi connectivity index (χ2n) is 4.37. The number of carbonyl (C=O) groups is 1. The van der Waals surface area contributed by atoms with Crippen molar-refractivity contribution in [1.82, 2.24) is 0 Å². The van der Waals surface area contributed by atoms with Crippen molar-refractivity contribution >= 4 is 5.78 Å². The fraction of sp³-hybridized carbons (Fsp3) is 0.900. The van der Waals surface area contributed by atoms with E-state index < -0.39 is 23.8 Å². The highest BCUT2D eigenvalue weighted by Gasteiger charge is 2.64. The Kier molecular flexibility index (Phi) is 3.14. The first kappa shape index (κ1) is 12.5. The molecule has 0 unspecified atom stereocenters. The maximum Gasteiger partial charge on any atom is 0.417 e. The summed E-state index contributed by atoms with van der Waals surface area (Å²) in [7, 11) is 0. The molecule has 0 aromatic rings. The maximum atomic E-state index is 12.7. The summed E-state index contributed by atoms with van der Waals surface area (Å²) < 4.78 is 43.1. The predicted octanol–water partition coefficient (Wildman–Crippen LogP) is 2.71. The van der Waals surface area contributed by atoms with Crippen molar-refractivity contribution in [2.75, 3.05) is 0 Å². The van der Waals surface area contributed by atoms with Crippen molar-refractivity contribution in [2.24, 2.45) is 5.92 Å². The molecule has 0 amide bonds. The first-order chi connectivity index (χ1) is 6.68. The molecule has 1 aliphatic rings. The van der Waals surface area contributed by atoms with E-state index in [0.717, 1.165) is 0 Å². The lowest BCUT2D eigenvalue weighted by Crippen LogP contribution is -2.59. The standard InChI is InChI=1S/C10H15F3O2/c1-6(2)15-9(10(11,12)13)4-8(5-9)7(3)14/h6,8H,4-5H2,1-3H3. The minimum atomic E-state index is -4.39. The maximum absolute atomic E-state index is 12.7. The molecular formula is C10H15F3O2. The highest BCUT2D eigenvalue weighted by atomic mass is 19.4. The van der Waals surface area contributed by atoms with Crippen LogP contribution in [0.4, 0.5) is 13.2 Å². The molecule has 0 atom stereocenters. The number of carbonyl (C=O) groups excluding carboxylic acids is 1. The topological polar surface area (TPSA) is 26.3 Å². The molecule has 5 heteroatoms. The van der Waals surface area contributed by atoms with Crippen LogP contribution in [-0.4, -0.2) is 23.7 Å². The third-order valence-electron chi connectivity index (χ3n) is 2.71. The molecule has 0 heterocycles. The molecule has 1 rings (SSSR count). The molecule has 0 spiro atoms. The summed E-state index contributed by atoms with van der Waals surface area (Å²) in [4.78, 5) is 10.9. The van der Waals surface area contributed by atoms with Gasteiger partial charge in [0.15, 0.2) is 5.60 Å². The van der Waals surface area contributed by atoms with Gasteiger partial charge in [0.25, 0.3) is 0 Å². The summed E-state index contributed by atoms with van der Waals surface area (Å²) >= 11 is 0. The number of hydrogen-bond donors (Lipinski definition) is 0. The van der Waals surface area contributed by atoms with Gasteiger partial charge in [-0.25, -0.2) is 0 Å². The van der Waals surface area contributed by atoms with Crippen LogP contribution in [0.5, 0.6) is 0 Å². The van der Waals surface area contributed by atoms with E-state index in [1.807, 2.05) is 0 Å². The van der Waals surface area contributed by atoms with Gasteiger partial charge in [-0.2, -0.15) is 13.2 Å². The monoisotopic (exact) mass is 224 g/mol. The van der Waals surface area contributed by atoms with Gasteiger partial charge in [-0.1, -0.05) is 0 Å². The van der Waals surface area contributed by atoms with Crippen molar-refractivity contribution in [3.63, 3.8) is 0 Å². The second kappa shape index (κ2) is 3.77. The number of Topliss-reactive ketones (excluding diaryl/α,β-unsaturated/α-hetero) is 1. The zero-order chi connectivity index (χ0) is 11.9. The Morgan fingerprint density at radius 3 is 2.13 bits per heavy atom. The summed E-state index contributed by atoms with van der Waals surface area (Å²) in [6, 6.07) is 0. The molecule has 0 radical (unpaired) electrons. The summed E-state index contributed by atoms with van der Waals surface area (Å²) in [5.74, 6) is -0.687. The lowest BCUT2D eigenvalue weighted by atomic mass is 9.68. The van der Waals surface area contributed by atoms with Crippen LogP contribution in [0.3, 0.4) is 0 Å². The minimum Gasteiger partial charge on any atom is -0.363 e. The summed E-state index contributed by atoms with van der Waals surface area (Å²) in [5, 5.41) is 0. The quantitative estimate of drug-likeness (QED) is 0.736. The predicted molar refractivity (Wildman–Crippen MR) is 48.4 cm³/mol. The van der Waals surface area contributed by atoms with Crippen LogP contribution >= 0.6 is 0 Å². The van der Waals surface area contributed by atoms with Gasteiger partial charge in [0.05, 0.1) is 6.10 Å². The normalized spacial score (nSPS) is 31.5. The van der Waals surface area contributed by atoms with Gasteiger partial charge in [-0.15, -0.1) is 0 Å². The molecule has 0 aromatic carbocycles. The number of ketones is 1. The van der Waals surface area contributed by atoms with E-state index in [4.69, 9.17) is 4.74 Å². The molecular weight excluding hydrogens is 209 g/mol.